The lowest BCUT2D eigenvalue weighted by Gasteiger charge is -2.10. The highest BCUT2D eigenvalue weighted by Crippen LogP contribution is 2.26. The van der Waals surface area contributed by atoms with E-state index < -0.39 is 9.84 Å². The maximum absolute atomic E-state index is 11.5. The van der Waals surface area contributed by atoms with Crippen molar-refractivity contribution in [3.8, 4) is 0 Å². The Bertz CT molecular complexity index is 528. The second-order valence-corrected chi connectivity index (χ2v) is 6.94. The zero-order chi connectivity index (χ0) is 13.2. The van der Waals surface area contributed by atoms with Crippen LogP contribution in [-0.4, -0.2) is 35.0 Å². The van der Waals surface area contributed by atoms with E-state index in [1.807, 2.05) is 6.92 Å². The quantitative estimate of drug-likeness (QED) is 0.876. The molecule has 0 bridgehead atoms. The lowest BCUT2D eigenvalue weighted by atomic mass is 10.1. The van der Waals surface area contributed by atoms with Crippen LogP contribution in [0, 0.1) is 0 Å². The number of sulfone groups is 1. The summed E-state index contributed by atoms with van der Waals surface area (Å²) in [5.74, 6) is 0.901. The highest BCUT2D eigenvalue weighted by atomic mass is 32.2. The molecule has 1 aromatic heterocycles. The van der Waals surface area contributed by atoms with Crippen LogP contribution in [-0.2, 0) is 22.9 Å². The van der Waals surface area contributed by atoms with Gasteiger partial charge in [0.15, 0.2) is 9.84 Å². The topological polar surface area (TPSA) is 80.2 Å². The smallest absolute Gasteiger partial charge is 0.151 e. The minimum atomic E-state index is -2.91. The molecular formula is C12H18N2O3S. The molecule has 6 heteroatoms. The fourth-order valence-corrected chi connectivity index (χ4v) is 3.98. The van der Waals surface area contributed by atoms with Crippen LogP contribution in [0.2, 0.25) is 0 Å². The van der Waals surface area contributed by atoms with Crippen LogP contribution < -0.4 is 0 Å². The first-order valence-corrected chi connectivity index (χ1v) is 8.04. The molecule has 18 heavy (non-hydrogen) atoms. The first-order valence-electron chi connectivity index (χ1n) is 6.21. The monoisotopic (exact) mass is 270 g/mol. The molecule has 1 aliphatic heterocycles. The van der Waals surface area contributed by atoms with Crippen molar-refractivity contribution in [3.63, 3.8) is 0 Å². The first-order chi connectivity index (χ1) is 8.55. The number of hydrogen-bond acceptors (Lipinski definition) is 5. The van der Waals surface area contributed by atoms with E-state index in [1.54, 1.807) is 6.20 Å². The van der Waals surface area contributed by atoms with Crippen LogP contribution in [0.25, 0.3) is 0 Å². The van der Waals surface area contributed by atoms with Crippen LogP contribution in [0.15, 0.2) is 6.20 Å². The molecule has 0 spiro atoms. The molecule has 5 nitrogen and oxygen atoms in total. The summed E-state index contributed by atoms with van der Waals surface area (Å²) in [6.07, 6.45) is 3.95. The Balaban J connectivity index is 2.27. The molecule has 2 heterocycles. The van der Waals surface area contributed by atoms with Crippen molar-refractivity contribution in [2.45, 2.75) is 38.7 Å². The van der Waals surface area contributed by atoms with Gasteiger partial charge in [-0.15, -0.1) is 0 Å². The molecule has 1 N–H and O–H groups in total. The largest absolute Gasteiger partial charge is 0.392 e. The molecule has 0 radical (unpaired) electrons. The number of aliphatic hydroxyl groups excluding tert-OH is 1. The lowest BCUT2D eigenvalue weighted by molar-refractivity contribution is 0.279. The Morgan fingerprint density at radius 1 is 1.50 bits per heavy atom. The molecule has 0 amide bonds. The molecule has 1 saturated heterocycles. The number of nitrogens with zero attached hydrogens (tertiary/aromatic N) is 2. The van der Waals surface area contributed by atoms with Gasteiger partial charge in [0, 0.05) is 23.4 Å². The van der Waals surface area contributed by atoms with Crippen LogP contribution >= 0.6 is 0 Å². The third-order valence-corrected chi connectivity index (χ3v) is 5.00. The molecule has 100 valence electrons. The SMILES string of the molecule is CCCc1nc(C2CCS(=O)(=O)C2)ncc1CO. The van der Waals surface area contributed by atoms with E-state index in [0.29, 0.717) is 12.2 Å². The van der Waals surface area contributed by atoms with Gasteiger partial charge in [-0.05, 0) is 12.8 Å². The predicted octanol–water partition coefficient (Wildman–Crippen LogP) is 0.824. The molecule has 0 aliphatic carbocycles. The van der Waals surface area contributed by atoms with Crippen LogP contribution in [0.5, 0.6) is 0 Å². The fraction of sp³-hybridized carbons (Fsp3) is 0.667. The summed E-state index contributed by atoms with van der Waals surface area (Å²) in [7, 11) is -2.91. The third-order valence-electron chi connectivity index (χ3n) is 3.23. The Morgan fingerprint density at radius 3 is 2.83 bits per heavy atom. The Morgan fingerprint density at radius 2 is 2.28 bits per heavy atom. The van der Waals surface area contributed by atoms with Crippen LogP contribution in [0.3, 0.4) is 0 Å². The summed E-state index contributed by atoms with van der Waals surface area (Å²) in [6, 6.07) is 0. The van der Waals surface area contributed by atoms with Gasteiger partial charge in [0.2, 0.25) is 0 Å². The Hall–Kier alpha value is -1.01. The zero-order valence-electron chi connectivity index (χ0n) is 10.5. The van der Waals surface area contributed by atoms with Gasteiger partial charge in [-0.3, -0.25) is 0 Å². The van der Waals surface area contributed by atoms with Gasteiger partial charge in [-0.2, -0.15) is 0 Å². The molecule has 0 saturated carbocycles. The molecule has 2 rings (SSSR count). The van der Waals surface area contributed by atoms with Gasteiger partial charge in [0.05, 0.1) is 18.1 Å². The fourth-order valence-electron chi connectivity index (χ4n) is 2.24. The number of aliphatic hydroxyl groups is 1. The number of hydrogen-bond donors (Lipinski definition) is 1. The van der Waals surface area contributed by atoms with Crippen molar-refractivity contribution >= 4 is 9.84 Å². The van der Waals surface area contributed by atoms with E-state index >= 15 is 0 Å². The molecule has 1 aliphatic rings. The summed E-state index contributed by atoms with van der Waals surface area (Å²) in [5.41, 5.74) is 1.58. The lowest BCUT2D eigenvalue weighted by Crippen LogP contribution is -2.10. The van der Waals surface area contributed by atoms with Gasteiger partial charge in [-0.1, -0.05) is 13.3 Å². The van der Waals surface area contributed by atoms with Crippen molar-refractivity contribution in [1.82, 2.24) is 9.97 Å². The Labute approximate surface area is 107 Å². The highest BCUT2D eigenvalue weighted by Gasteiger charge is 2.31. The van der Waals surface area contributed by atoms with Crippen molar-refractivity contribution < 1.29 is 13.5 Å². The van der Waals surface area contributed by atoms with E-state index in [1.165, 1.54) is 0 Å². The van der Waals surface area contributed by atoms with Crippen molar-refractivity contribution in [1.29, 1.82) is 0 Å². The number of aromatic nitrogens is 2. The van der Waals surface area contributed by atoms with Crippen molar-refractivity contribution in [3.05, 3.63) is 23.3 Å². The molecular weight excluding hydrogens is 252 g/mol. The van der Waals surface area contributed by atoms with Gasteiger partial charge >= 0.3 is 0 Å². The van der Waals surface area contributed by atoms with Gasteiger partial charge in [0.25, 0.3) is 0 Å². The van der Waals surface area contributed by atoms with E-state index in [0.717, 1.165) is 24.1 Å². The van der Waals surface area contributed by atoms with Gasteiger partial charge < -0.3 is 5.11 Å². The zero-order valence-corrected chi connectivity index (χ0v) is 11.3. The average Bonchev–Trinajstić information content (AvgIpc) is 2.70. The van der Waals surface area contributed by atoms with Gasteiger partial charge in [0.1, 0.15) is 5.82 Å². The first kappa shape index (κ1) is 13.4. The average molecular weight is 270 g/mol. The van der Waals surface area contributed by atoms with Crippen LogP contribution in [0.1, 0.15) is 42.8 Å². The van der Waals surface area contributed by atoms with Crippen molar-refractivity contribution in [2.75, 3.05) is 11.5 Å². The summed E-state index contributed by atoms with van der Waals surface area (Å²) in [4.78, 5) is 8.65. The molecule has 1 unspecified atom stereocenters. The van der Waals surface area contributed by atoms with E-state index in [9.17, 15) is 13.5 Å². The Kier molecular flexibility index (Phi) is 3.97. The maximum atomic E-state index is 11.5. The highest BCUT2D eigenvalue weighted by molar-refractivity contribution is 7.91. The van der Waals surface area contributed by atoms with Crippen molar-refractivity contribution in [2.24, 2.45) is 0 Å². The molecule has 1 atom stereocenters. The molecule has 1 fully saturated rings. The number of aryl methyl sites for hydroxylation is 1. The standard InChI is InChI=1S/C12H18N2O3S/c1-2-3-11-10(7-15)6-13-12(14-11)9-4-5-18(16,17)8-9/h6,9,15H,2-5,7-8H2,1H3. The maximum Gasteiger partial charge on any atom is 0.151 e. The summed E-state index contributed by atoms with van der Waals surface area (Å²) < 4.78 is 22.9. The van der Waals surface area contributed by atoms with E-state index in [4.69, 9.17) is 0 Å². The van der Waals surface area contributed by atoms with E-state index in [2.05, 4.69) is 9.97 Å². The van der Waals surface area contributed by atoms with Gasteiger partial charge in [-0.25, -0.2) is 18.4 Å². The molecule has 0 aromatic carbocycles. The van der Waals surface area contributed by atoms with Crippen LogP contribution in [0.4, 0.5) is 0 Å². The second-order valence-electron chi connectivity index (χ2n) is 4.71. The third kappa shape index (κ3) is 2.87. The minimum Gasteiger partial charge on any atom is -0.392 e. The normalized spacial score (nSPS) is 22.2. The second kappa shape index (κ2) is 5.32. The number of rotatable bonds is 4. The minimum absolute atomic E-state index is 0.0709. The van der Waals surface area contributed by atoms with E-state index in [-0.39, 0.29) is 24.0 Å². The summed E-state index contributed by atoms with van der Waals surface area (Å²) in [5, 5.41) is 9.21. The summed E-state index contributed by atoms with van der Waals surface area (Å²) in [6.45, 7) is 1.97. The predicted molar refractivity (Wildman–Crippen MR) is 68.0 cm³/mol. The molecule has 1 aromatic rings. The summed E-state index contributed by atoms with van der Waals surface area (Å²) >= 11 is 0.